The summed E-state index contributed by atoms with van der Waals surface area (Å²) in [4.78, 5) is 11.9. The molecular weight excluding hydrogens is 307 g/mol. The van der Waals surface area contributed by atoms with Crippen LogP contribution in [0.2, 0.25) is 10.0 Å². The zero-order valence-corrected chi connectivity index (χ0v) is 12.7. The topological polar surface area (TPSA) is 41.1 Å². The van der Waals surface area contributed by atoms with E-state index in [1.165, 1.54) is 12.8 Å². The number of benzene rings is 1. The van der Waals surface area contributed by atoms with E-state index < -0.39 is 0 Å². The monoisotopic (exact) mass is 322 g/mol. The molecule has 1 heterocycles. The first-order valence-electron chi connectivity index (χ1n) is 6.13. The van der Waals surface area contributed by atoms with Gasteiger partial charge in [-0.15, -0.1) is 12.4 Å². The van der Waals surface area contributed by atoms with Crippen LogP contribution in [0.25, 0.3) is 0 Å². The molecule has 1 aliphatic rings. The number of amides is 1. The van der Waals surface area contributed by atoms with Crippen molar-refractivity contribution in [3.63, 3.8) is 0 Å². The van der Waals surface area contributed by atoms with Crippen LogP contribution < -0.4 is 10.6 Å². The molecule has 1 saturated heterocycles. The summed E-state index contributed by atoms with van der Waals surface area (Å²) in [5.74, 6) is -0.127. The van der Waals surface area contributed by atoms with Crippen LogP contribution >= 0.6 is 35.6 Å². The second kappa shape index (κ2) is 7.95. The highest BCUT2D eigenvalue weighted by Crippen LogP contribution is 2.19. The molecular formula is C13H17Cl3N2O. The third-order valence-corrected chi connectivity index (χ3v) is 3.50. The van der Waals surface area contributed by atoms with Gasteiger partial charge < -0.3 is 10.6 Å². The van der Waals surface area contributed by atoms with Crippen molar-refractivity contribution in [2.75, 3.05) is 13.1 Å². The molecule has 0 unspecified atom stereocenters. The van der Waals surface area contributed by atoms with Gasteiger partial charge in [0.2, 0.25) is 0 Å². The standard InChI is InChI=1S/C13H16Cl2N2O.ClH/c14-10-6-9(7-11(15)8-10)13(18)17-5-3-12-2-1-4-16-12;/h6-8,12,16H,1-5H2,(H,17,18);1H/t12-;/m1./s1. The van der Waals surface area contributed by atoms with Crippen molar-refractivity contribution in [3.05, 3.63) is 33.8 Å². The lowest BCUT2D eigenvalue weighted by atomic mass is 10.1. The Morgan fingerprint density at radius 2 is 2.00 bits per heavy atom. The summed E-state index contributed by atoms with van der Waals surface area (Å²) in [7, 11) is 0. The number of carbonyl (C=O) groups is 1. The highest BCUT2D eigenvalue weighted by Gasteiger charge is 2.14. The zero-order valence-electron chi connectivity index (χ0n) is 10.4. The molecule has 0 radical (unpaired) electrons. The predicted molar refractivity (Wildman–Crippen MR) is 81.7 cm³/mol. The molecule has 1 amide bonds. The molecule has 2 rings (SSSR count). The van der Waals surface area contributed by atoms with Crippen molar-refractivity contribution in [2.24, 2.45) is 0 Å². The van der Waals surface area contributed by atoms with Crippen LogP contribution in [0.5, 0.6) is 0 Å². The van der Waals surface area contributed by atoms with Crippen LogP contribution in [0.4, 0.5) is 0 Å². The highest BCUT2D eigenvalue weighted by atomic mass is 35.5. The molecule has 1 aromatic carbocycles. The maximum atomic E-state index is 11.9. The smallest absolute Gasteiger partial charge is 0.251 e. The Bertz CT molecular complexity index is 414. The lowest BCUT2D eigenvalue weighted by Gasteiger charge is -2.11. The van der Waals surface area contributed by atoms with E-state index in [0.29, 0.717) is 28.2 Å². The van der Waals surface area contributed by atoms with Gasteiger partial charge in [0.05, 0.1) is 0 Å². The van der Waals surface area contributed by atoms with E-state index in [-0.39, 0.29) is 18.3 Å². The average molecular weight is 324 g/mol. The van der Waals surface area contributed by atoms with Gasteiger partial charge in [-0.3, -0.25) is 4.79 Å². The minimum absolute atomic E-state index is 0. The second-order valence-electron chi connectivity index (χ2n) is 4.50. The Morgan fingerprint density at radius 1 is 1.32 bits per heavy atom. The number of hydrogen-bond donors (Lipinski definition) is 2. The van der Waals surface area contributed by atoms with E-state index in [1.54, 1.807) is 18.2 Å². The summed E-state index contributed by atoms with van der Waals surface area (Å²) in [6.07, 6.45) is 3.38. The Kier molecular flexibility index (Phi) is 6.94. The largest absolute Gasteiger partial charge is 0.352 e. The van der Waals surface area contributed by atoms with Gasteiger partial charge in [-0.1, -0.05) is 23.2 Å². The maximum absolute atomic E-state index is 11.9. The van der Waals surface area contributed by atoms with Crippen LogP contribution in [0.3, 0.4) is 0 Å². The van der Waals surface area contributed by atoms with Gasteiger partial charge in [-0.25, -0.2) is 0 Å². The van der Waals surface area contributed by atoms with Gasteiger partial charge in [0.25, 0.3) is 5.91 Å². The summed E-state index contributed by atoms with van der Waals surface area (Å²) in [6.45, 7) is 1.75. The highest BCUT2D eigenvalue weighted by molar-refractivity contribution is 6.35. The molecule has 0 saturated carbocycles. The van der Waals surface area contributed by atoms with E-state index in [1.807, 2.05) is 0 Å². The Labute approximate surface area is 129 Å². The number of carbonyl (C=O) groups excluding carboxylic acids is 1. The first kappa shape index (κ1) is 16.6. The van der Waals surface area contributed by atoms with Crippen LogP contribution in [0.1, 0.15) is 29.6 Å². The molecule has 0 aromatic heterocycles. The van der Waals surface area contributed by atoms with Crippen LogP contribution in [-0.2, 0) is 0 Å². The van der Waals surface area contributed by atoms with E-state index in [2.05, 4.69) is 10.6 Å². The zero-order chi connectivity index (χ0) is 13.0. The molecule has 3 nitrogen and oxygen atoms in total. The quantitative estimate of drug-likeness (QED) is 0.893. The molecule has 19 heavy (non-hydrogen) atoms. The minimum Gasteiger partial charge on any atom is -0.352 e. The van der Waals surface area contributed by atoms with Crippen molar-refractivity contribution in [1.29, 1.82) is 0 Å². The van der Waals surface area contributed by atoms with Gasteiger partial charge in [0, 0.05) is 28.2 Å². The lowest BCUT2D eigenvalue weighted by molar-refractivity contribution is 0.0952. The predicted octanol–water partition coefficient (Wildman–Crippen LogP) is 3.29. The molecule has 1 fully saturated rings. The Balaban J connectivity index is 0.00000180. The lowest BCUT2D eigenvalue weighted by Crippen LogP contribution is -2.30. The number of nitrogens with one attached hydrogen (secondary N) is 2. The van der Waals surface area contributed by atoms with E-state index in [4.69, 9.17) is 23.2 Å². The van der Waals surface area contributed by atoms with Crippen LogP contribution in [0.15, 0.2) is 18.2 Å². The molecule has 0 spiro atoms. The normalized spacial score (nSPS) is 17.9. The van der Waals surface area contributed by atoms with Gasteiger partial charge in [-0.05, 0) is 44.0 Å². The molecule has 0 aliphatic carbocycles. The van der Waals surface area contributed by atoms with E-state index in [9.17, 15) is 4.79 Å². The van der Waals surface area contributed by atoms with Crippen LogP contribution in [-0.4, -0.2) is 25.0 Å². The van der Waals surface area contributed by atoms with Gasteiger partial charge in [0.1, 0.15) is 0 Å². The minimum atomic E-state index is -0.127. The molecule has 6 heteroatoms. The molecule has 106 valence electrons. The van der Waals surface area contributed by atoms with Crippen molar-refractivity contribution >= 4 is 41.5 Å². The Hall–Kier alpha value is -0.480. The van der Waals surface area contributed by atoms with E-state index >= 15 is 0 Å². The Morgan fingerprint density at radius 3 is 2.58 bits per heavy atom. The summed E-state index contributed by atoms with van der Waals surface area (Å²) in [5.41, 5.74) is 0.506. The maximum Gasteiger partial charge on any atom is 0.251 e. The summed E-state index contributed by atoms with van der Waals surface area (Å²) in [6, 6.07) is 5.39. The molecule has 1 aliphatic heterocycles. The molecule has 1 aromatic rings. The van der Waals surface area contributed by atoms with Gasteiger partial charge in [-0.2, -0.15) is 0 Å². The van der Waals surface area contributed by atoms with E-state index in [0.717, 1.165) is 13.0 Å². The second-order valence-corrected chi connectivity index (χ2v) is 5.37. The van der Waals surface area contributed by atoms with Gasteiger partial charge in [0.15, 0.2) is 0 Å². The third kappa shape index (κ3) is 5.19. The first-order valence-corrected chi connectivity index (χ1v) is 6.88. The number of halogens is 3. The molecule has 0 bridgehead atoms. The fourth-order valence-electron chi connectivity index (χ4n) is 2.15. The molecule has 2 N–H and O–H groups in total. The SMILES string of the molecule is Cl.O=C(NCC[C@H]1CCCN1)c1cc(Cl)cc(Cl)c1. The van der Waals surface area contributed by atoms with Crippen molar-refractivity contribution < 1.29 is 4.79 Å². The van der Waals surface area contributed by atoms with Gasteiger partial charge >= 0.3 is 0 Å². The molecule has 1 atom stereocenters. The fourth-order valence-corrected chi connectivity index (χ4v) is 2.68. The number of hydrogen-bond acceptors (Lipinski definition) is 2. The fraction of sp³-hybridized carbons (Fsp3) is 0.462. The number of rotatable bonds is 4. The van der Waals surface area contributed by atoms with Crippen molar-refractivity contribution in [1.82, 2.24) is 10.6 Å². The van der Waals surface area contributed by atoms with Crippen LogP contribution in [0, 0.1) is 0 Å². The summed E-state index contributed by atoms with van der Waals surface area (Å²) in [5, 5.41) is 7.23. The summed E-state index contributed by atoms with van der Waals surface area (Å²) >= 11 is 11.7. The third-order valence-electron chi connectivity index (χ3n) is 3.07. The average Bonchev–Trinajstić information content (AvgIpc) is 2.80. The summed E-state index contributed by atoms with van der Waals surface area (Å²) < 4.78 is 0. The first-order chi connectivity index (χ1) is 8.65. The van der Waals surface area contributed by atoms with Crippen molar-refractivity contribution in [2.45, 2.75) is 25.3 Å². The van der Waals surface area contributed by atoms with Crippen molar-refractivity contribution in [3.8, 4) is 0 Å².